The molecular formula is C28H21KO7S2. The fraction of sp³-hybridized carbons (Fsp3) is 0.0714. The minimum atomic E-state index is -4.94. The van der Waals surface area contributed by atoms with E-state index < -0.39 is 24.9 Å². The van der Waals surface area contributed by atoms with Gasteiger partial charge < -0.3 is 14.0 Å². The summed E-state index contributed by atoms with van der Waals surface area (Å²) in [5.74, 6) is 2.88. The molecule has 0 fully saturated rings. The number of aryl methyl sites for hydroxylation is 2. The minimum Gasteiger partial charge on any atom is -0.744 e. The minimum absolute atomic E-state index is 0. The molecule has 4 rings (SSSR count). The number of sulfone groups is 1. The molecule has 0 aromatic heterocycles. The van der Waals surface area contributed by atoms with E-state index in [1.165, 1.54) is 48.5 Å². The van der Waals surface area contributed by atoms with Crippen molar-refractivity contribution >= 4 is 20.0 Å². The maximum atomic E-state index is 12.9. The van der Waals surface area contributed by atoms with Crippen molar-refractivity contribution in [3.8, 4) is 35.3 Å². The molecular weight excluding hydrogens is 552 g/mol. The maximum Gasteiger partial charge on any atom is 1.00 e. The summed E-state index contributed by atoms with van der Waals surface area (Å²) in [6, 6.07) is 20.8. The van der Waals surface area contributed by atoms with Crippen LogP contribution in [0, 0.1) is 26.2 Å². The molecule has 0 unspecified atom stereocenters. The Hall–Kier alpha value is -2.46. The fourth-order valence-corrected chi connectivity index (χ4v) is 5.40. The van der Waals surface area contributed by atoms with Crippen molar-refractivity contribution in [2.45, 2.75) is 28.5 Å². The Morgan fingerprint density at radius 1 is 0.684 bits per heavy atom. The van der Waals surface area contributed by atoms with Gasteiger partial charge in [-0.25, -0.2) is 16.8 Å². The van der Waals surface area contributed by atoms with Crippen molar-refractivity contribution in [2.24, 2.45) is 0 Å². The van der Waals surface area contributed by atoms with Crippen molar-refractivity contribution in [1.29, 1.82) is 0 Å². The number of hydrogen-bond donors (Lipinski definition) is 0. The standard InChI is InChI=1S/C28H22O7S2.K/c1-4-21-15-20(3)16-24(17-21)34-23-9-14-27(28(18-23)37(31,32)33)35-22-7-12-26(13-8-22)36(29,30)25-10-5-19(2)6-11-25;/h1,5-18H,2-3H3,(H,31,32,33);/q;+1/p-1. The summed E-state index contributed by atoms with van der Waals surface area (Å²) in [5, 5.41) is 0. The van der Waals surface area contributed by atoms with Gasteiger partial charge in [0.25, 0.3) is 0 Å². The summed E-state index contributed by atoms with van der Waals surface area (Å²) in [6.45, 7) is 3.69. The van der Waals surface area contributed by atoms with E-state index in [0.717, 1.165) is 17.2 Å². The largest absolute Gasteiger partial charge is 1.00 e. The molecule has 188 valence electrons. The van der Waals surface area contributed by atoms with Crippen LogP contribution in [0.3, 0.4) is 0 Å². The molecule has 0 aliphatic rings. The average Bonchev–Trinajstić information content (AvgIpc) is 2.84. The fourth-order valence-electron chi connectivity index (χ4n) is 3.53. The second-order valence-corrected chi connectivity index (χ2v) is 11.5. The molecule has 38 heavy (non-hydrogen) atoms. The first-order valence-corrected chi connectivity index (χ1v) is 13.8. The smallest absolute Gasteiger partial charge is 0.744 e. The van der Waals surface area contributed by atoms with Gasteiger partial charge in [-0.15, -0.1) is 6.42 Å². The van der Waals surface area contributed by atoms with Crippen LogP contribution in [0.1, 0.15) is 16.7 Å². The second kappa shape index (κ2) is 12.2. The van der Waals surface area contributed by atoms with Gasteiger partial charge in [0, 0.05) is 11.6 Å². The number of benzene rings is 4. The molecule has 0 bridgehead atoms. The Morgan fingerprint density at radius 3 is 1.84 bits per heavy atom. The first-order chi connectivity index (χ1) is 17.5. The van der Waals surface area contributed by atoms with Crippen LogP contribution >= 0.6 is 0 Å². The average molecular weight is 573 g/mol. The van der Waals surface area contributed by atoms with E-state index in [4.69, 9.17) is 15.9 Å². The van der Waals surface area contributed by atoms with Crippen LogP contribution in [0.2, 0.25) is 0 Å². The van der Waals surface area contributed by atoms with Crippen LogP contribution in [-0.2, 0) is 20.0 Å². The van der Waals surface area contributed by atoms with Gasteiger partial charge in [0.2, 0.25) is 9.84 Å². The van der Waals surface area contributed by atoms with E-state index in [1.54, 1.807) is 30.3 Å². The second-order valence-electron chi connectivity index (χ2n) is 8.23. The quantitative estimate of drug-likeness (QED) is 0.190. The summed E-state index contributed by atoms with van der Waals surface area (Å²) >= 11 is 0. The molecule has 0 atom stereocenters. The van der Waals surface area contributed by atoms with Gasteiger partial charge in [-0.1, -0.05) is 23.6 Å². The van der Waals surface area contributed by atoms with Crippen LogP contribution in [0.15, 0.2) is 99.6 Å². The molecule has 10 heteroatoms. The molecule has 7 nitrogen and oxygen atoms in total. The SMILES string of the molecule is C#Cc1cc(C)cc(Oc2ccc(Oc3ccc(S(=O)(=O)c4ccc(C)cc4)cc3)c(S(=O)(=O)[O-])c2)c1.[K+]. The van der Waals surface area contributed by atoms with Gasteiger partial charge in [-0.05, 0) is 86.1 Å². The summed E-state index contributed by atoms with van der Waals surface area (Å²) in [4.78, 5) is -0.454. The molecule has 0 aliphatic carbocycles. The number of hydrogen-bond acceptors (Lipinski definition) is 7. The van der Waals surface area contributed by atoms with Gasteiger partial charge in [-0.3, -0.25) is 0 Å². The van der Waals surface area contributed by atoms with E-state index in [2.05, 4.69) is 5.92 Å². The van der Waals surface area contributed by atoms with Gasteiger partial charge in [0.15, 0.2) is 0 Å². The van der Waals surface area contributed by atoms with E-state index in [9.17, 15) is 21.4 Å². The van der Waals surface area contributed by atoms with Gasteiger partial charge in [0.05, 0.1) is 9.79 Å². The van der Waals surface area contributed by atoms with Crippen LogP contribution in [0.5, 0.6) is 23.0 Å². The molecule has 0 spiro atoms. The number of rotatable bonds is 7. The number of terminal acetylenes is 1. The van der Waals surface area contributed by atoms with Crippen molar-refractivity contribution < 1.29 is 82.2 Å². The number of ether oxygens (including phenoxy) is 2. The molecule has 0 radical (unpaired) electrons. The molecule has 0 amide bonds. The Bertz CT molecular complexity index is 1720. The first kappa shape index (κ1) is 30.1. The van der Waals surface area contributed by atoms with E-state index >= 15 is 0 Å². The van der Waals surface area contributed by atoms with Crippen molar-refractivity contribution in [2.75, 3.05) is 0 Å². The van der Waals surface area contributed by atoms with Gasteiger partial charge in [0.1, 0.15) is 38.0 Å². The van der Waals surface area contributed by atoms with Crippen molar-refractivity contribution in [3.05, 3.63) is 102 Å². The molecule has 4 aromatic rings. The third-order valence-electron chi connectivity index (χ3n) is 5.33. The zero-order chi connectivity index (χ0) is 26.8. The van der Waals surface area contributed by atoms with Crippen molar-refractivity contribution in [3.63, 3.8) is 0 Å². The van der Waals surface area contributed by atoms with Crippen LogP contribution in [0.4, 0.5) is 0 Å². The van der Waals surface area contributed by atoms with E-state index in [0.29, 0.717) is 11.3 Å². The summed E-state index contributed by atoms with van der Waals surface area (Å²) in [5.41, 5.74) is 2.36. The van der Waals surface area contributed by atoms with Crippen LogP contribution in [0.25, 0.3) is 0 Å². The first-order valence-electron chi connectivity index (χ1n) is 10.9. The summed E-state index contributed by atoms with van der Waals surface area (Å²) in [6.07, 6.45) is 5.45. The predicted molar refractivity (Wildman–Crippen MR) is 137 cm³/mol. The Balaban J connectivity index is 0.00000400. The molecule has 4 aromatic carbocycles. The van der Waals surface area contributed by atoms with Gasteiger partial charge >= 0.3 is 51.4 Å². The van der Waals surface area contributed by atoms with E-state index in [-0.39, 0.29) is 78.4 Å². The Morgan fingerprint density at radius 2 is 1.26 bits per heavy atom. The summed E-state index contributed by atoms with van der Waals surface area (Å²) < 4.78 is 73.0. The Kier molecular flexibility index (Phi) is 9.62. The van der Waals surface area contributed by atoms with E-state index in [1.807, 2.05) is 13.8 Å². The molecule has 0 saturated carbocycles. The van der Waals surface area contributed by atoms with Gasteiger partial charge in [-0.2, -0.15) is 0 Å². The molecule has 0 aliphatic heterocycles. The normalized spacial score (nSPS) is 11.2. The molecule has 0 N–H and O–H groups in total. The molecule has 0 heterocycles. The third-order valence-corrected chi connectivity index (χ3v) is 7.97. The zero-order valence-corrected chi connectivity index (χ0v) is 25.6. The van der Waals surface area contributed by atoms with Crippen LogP contribution in [-0.4, -0.2) is 21.4 Å². The topological polar surface area (TPSA) is 110 Å². The Labute approximate surface area is 264 Å². The predicted octanol–water partition coefficient (Wildman–Crippen LogP) is 2.61. The van der Waals surface area contributed by atoms with Crippen LogP contribution < -0.4 is 60.9 Å². The summed E-state index contributed by atoms with van der Waals surface area (Å²) in [7, 11) is -8.69. The van der Waals surface area contributed by atoms with Crippen molar-refractivity contribution in [1.82, 2.24) is 0 Å². The zero-order valence-electron chi connectivity index (χ0n) is 20.8. The monoisotopic (exact) mass is 572 g/mol. The maximum absolute atomic E-state index is 12.9. The molecule has 0 saturated heterocycles. The third kappa shape index (κ3) is 7.14.